The fraction of sp³-hybridized carbons (Fsp3) is 0.421. The lowest BCUT2D eigenvalue weighted by Gasteiger charge is -2.31. The average Bonchev–Trinajstić information content (AvgIpc) is 3.13. The first kappa shape index (κ1) is 17.7. The first-order valence-electron chi connectivity index (χ1n) is 8.60. The molecular weight excluding hydrogens is 338 g/mol. The molecule has 25 heavy (non-hydrogen) atoms. The van der Waals surface area contributed by atoms with Crippen molar-refractivity contribution in [3.8, 4) is 0 Å². The predicted octanol–water partition coefficient (Wildman–Crippen LogP) is 2.82. The molecule has 0 bridgehead atoms. The smallest absolute Gasteiger partial charge is 0.222 e. The SMILES string of the molecule is O=C(CCc1ccccc1)N1CCC(S(=O)(=O)Cc2ccco2)CC1. The second-order valence-corrected chi connectivity index (χ2v) is 8.73. The van der Waals surface area contributed by atoms with E-state index in [1.165, 1.54) is 6.26 Å². The molecule has 0 N–H and O–H groups in total. The van der Waals surface area contributed by atoms with E-state index in [2.05, 4.69) is 0 Å². The van der Waals surface area contributed by atoms with E-state index in [4.69, 9.17) is 4.42 Å². The number of furan rings is 1. The Morgan fingerprint density at radius 1 is 1.08 bits per heavy atom. The Morgan fingerprint density at radius 2 is 1.80 bits per heavy atom. The lowest BCUT2D eigenvalue weighted by Crippen LogP contribution is -2.42. The second-order valence-electron chi connectivity index (χ2n) is 6.45. The summed E-state index contributed by atoms with van der Waals surface area (Å²) < 4.78 is 30.1. The third-order valence-corrected chi connectivity index (χ3v) is 6.87. The van der Waals surface area contributed by atoms with Gasteiger partial charge in [-0.3, -0.25) is 4.79 Å². The number of hydrogen-bond donors (Lipinski definition) is 0. The van der Waals surface area contributed by atoms with E-state index < -0.39 is 15.1 Å². The molecule has 6 heteroatoms. The van der Waals surface area contributed by atoms with Crippen LogP contribution in [0, 0.1) is 0 Å². The molecule has 0 aliphatic carbocycles. The van der Waals surface area contributed by atoms with Gasteiger partial charge in [0.25, 0.3) is 0 Å². The minimum atomic E-state index is -3.24. The van der Waals surface area contributed by atoms with E-state index in [0.717, 1.165) is 12.0 Å². The monoisotopic (exact) mass is 361 g/mol. The number of nitrogens with zero attached hydrogens (tertiary/aromatic N) is 1. The van der Waals surface area contributed by atoms with Crippen LogP contribution in [0.25, 0.3) is 0 Å². The molecule has 0 spiro atoms. The Bertz CT molecular complexity index is 776. The Labute approximate surface area is 148 Å². The van der Waals surface area contributed by atoms with Crippen LogP contribution in [-0.2, 0) is 26.8 Å². The van der Waals surface area contributed by atoms with Crippen molar-refractivity contribution < 1.29 is 17.6 Å². The summed E-state index contributed by atoms with van der Waals surface area (Å²) in [6.07, 6.45) is 3.67. The van der Waals surface area contributed by atoms with Crippen LogP contribution in [-0.4, -0.2) is 37.6 Å². The van der Waals surface area contributed by atoms with Crippen molar-refractivity contribution >= 4 is 15.7 Å². The molecule has 0 atom stereocenters. The fourth-order valence-corrected chi connectivity index (χ4v) is 4.95. The van der Waals surface area contributed by atoms with Crippen LogP contribution in [0.15, 0.2) is 53.1 Å². The third kappa shape index (κ3) is 4.72. The van der Waals surface area contributed by atoms with Crippen molar-refractivity contribution in [1.82, 2.24) is 4.90 Å². The van der Waals surface area contributed by atoms with E-state index in [0.29, 0.717) is 38.1 Å². The number of likely N-dealkylation sites (tertiary alicyclic amines) is 1. The summed E-state index contributed by atoms with van der Waals surface area (Å²) in [6.45, 7) is 1.02. The van der Waals surface area contributed by atoms with E-state index in [1.807, 2.05) is 30.3 Å². The lowest BCUT2D eigenvalue weighted by atomic mass is 10.1. The van der Waals surface area contributed by atoms with Gasteiger partial charge in [0, 0.05) is 19.5 Å². The van der Waals surface area contributed by atoms with Gasteiger partial charge in [-0.2, -0.15) is 0 Å². The number of benzene rings is 1. The number of sulfone groups is 1. The topological polar surface area (TPSA) is 67.6 Å². The largest absolute Gasteiger partial charge is 0.468 e. The van der Waals surface area contributed by atoms with Crippen molar-refractivity contribution in [2.75, 3.05) is 13.1 Å². The van der Waals surface area contributed by atoms with Crippen LogP contribution in [0.1, 0.15) is 30.6 Å². The number of rotatable bonds is 6. The van der Waals surface area contributed by atoms with E-state index in [-0.39, 0.29) is 11.7 Å². The van der Waals surface area contributed by atoms with E-state index >= 15 is 0 Å². The zero-order valence-electron chi connectivity index (χ0n) is 14.1. The summed E-state index contributed by atoms with van der Waals surface area (Å²) >= 11 is 0. The zero-order valence-corrected chi connectivity index (χ0v) is 15.0. The second kappa shape index (κ2) is 7.87. The van der Waals surface area contributed by atoms with Gasteiger partial charge in [-0.1, -0.05) is 30.3 Å². The van der Waals surface area contributed by atoms with Crippen LogP contribution >= 0.6 is 0 Å². The molecular formula is C19H23NO4S. The highest BCUT2D eigenvalue weighted by molar-refractivity contribution is 7.91. The molecule has 5 nitrogen and oxygen atoms in total. The van der Waals surface area contributed by atoms with Gasteiger partial charge < -0.3 is 9.32 Å². The van der Waals surface area contributed by atoms with Gasteiger partial charge in [-0.15, -0.1) is 0 Å². The summed E-state index contributed by atoms with van der Waals surface area (Å²) in [5.41, 5.74) is 1.15. The maximum Gasteiger partial charge on any atom is 0.222 e. The molecule has 1 aliphatic heterocycles. The summed E-state index contributed by atoms with van der Waals surface area (Å²) in [5.74, 6) is 0.513. The van der Waals surface area contributed by atoms with E-state index in [1.54, 1.807) is 17.0 Å². The van der Waals surface area contributed by atoms with Crippen molar-refractivity contribution in [1.29, 1.82) is 0 Å². The van der Waals surface area contributed by atoms with Crippen LogP contribution in [0.3, 0.4) is 0 Å². The molecule has 0 radical (unpaired) electrons. The molecule has 2 heterocycles. The zero-order chi connectivity index (χ0) is 17.7. The Morgan fingerprint density at radius 3 is 2.44 bits per heavy atom. The Kier molecular flexibility index (Phi) is 5.58. The molecule has 1 aromatic carbocycles. The summed E-state index contributed by atoms with van der Waals surface area (Å²) in [7, 11) is -3.24. The molecule has 1 aliphatic rings. The quantitative estimate of drug-likeness (QED) is 0.793. The highest BCUT2D eigenvalue weighted by Gasteiger charge is 2.32. The van der Waals surface area contributed by atoms with Gasteiger partial charge in [-0.05, 0) is 37.0 Å². The standard InChI is InChI=1S/C19H23NO4S/c21-19(9-8-16-5-2-1-3-6-16)20-12-10-18(11-13-20)25(22,23)15-17-7-4-14-24-17/h1-7,14,18H,8-13,15H2. The third-order valence-electron chi connectivity index (χ3n) is 4.70. The molecule has 0 saturated carbocycles. The highest BCUT2D eigenvalue weighted by Crippen LogP contribution is 2.22. The van der Waals surface area contributed by atoms with Crippen molar-refractivity contribution in [2.45, 2.75) is 36.7 Å². The maximum absolute atomic E-state index is 12.5. The van der Waals surface area contributed by atoms with Gasteiger partial charge in [-0.25, -0.2) is 8.42 Å². The van der Waals surface area contributed by atoms with Gasteiger partial charge in [0.05, 0.1) is 11.5 Å². The number of piperidine rings is 1. The Balaban J connectivity index is 1.48. The minimum absolute atomic E-state index is 0.0629. The van der Waals surface area contributed by atoms with Crippen molar-refractivity contribution in [3.05, 3.63) is 60.1 Å². The summed E-state index contributed by atoms with van der Waals surface area (Å²) in [5, 5.41) is -0.393. The van der Waals surface area contributed by atoms with Crippen molar-refractivity contribution in [2.24, 2.45) is 0 Å². The molecule has 1 amide bonds. The van der Waals surface area contributed by atoms with Gasteiger partial charge in [0.15, 0.2) is 9.84 Å². The highest BCUT2D eigenvalue weighted by atomic mass is 32.2. The number of hydrogen-bond acceptors (Lipinski definition) is 4. The minimum Gasteiger partial charge on any atom is -0.468 e. The molecule has 0 unspecified atom stereocenters. The maximum atomic E-state index is 12.5. The predicted molar refractivity (Wildman–Crippen MR) is 95.7 cm³/mol. The first-order chi connectivity index (χ1) is 12.0. The van der Waals surface area contributed by atoms with Crippen molar-refractivity contribution in [3.63, 3.8) is 0 Å². The number of carbonyl (C=O) groups excluding carboxylic acids is 1. The van der Waals surface area contributed by atoms with Gasteiger partial charge in [0.2, 0.25) is 5.91 Å². The van der Waals surface area contributed by atoms with Gasteiger partial charge >= 0.3 is 0 Å². The molecule has 1 aromatic heterocycles. The molecule has 2 aromatic rings. The van der Waals surface area contributed by atoms with Crippen LogP contribution in [0.4, 0.5) is 0 Å². The Hall–Kier alpha value is -2.08. The molecule has 3 rings (SSSR count). The van der Waals surface area contributed by atoms with Crippen LogP contribution in [0.2, 0.25) is 0 Å². The van der Waals surface area contributed by atoms with Crippen LogP contribution in [0.5, 0.6) is 0 Å². The van der Waals surface area contributed by atoms with Crippen LogP contribution < -0.4 is 0 Å². The van der Waals surface area contributed by atoms with E-state index in [9.17, 15) is 13.2 Å². The fourth-order valence-electron chi connectivity index (χ4n) is 3.23. The first-order valence-corrected chi connectivity index (χ1v) is 10.3. The van der Waals surface area contributed by atoms with Gasteiger partial charge in [0.1, 0.15) is 11.5 Å². The normalized spacial score (nSPS) is 16.1. The molecule has 134 valence electrons. The number of aryl methyl sites for hydroxylation is 1. The summed E-state index contributed by atoms with van der Waals surface area (Å²) in [4.78, 5) is 14.1. The average molecular weight is 361 g/mol. The number of carbonyl (C=O) groups is 1. The lowest BCUT2D eigenvalue weighted by molar-refractivity contribution is -0.132. The summed E-state index contributed by atoms with van der Waals surface area (Å²) in [6, 6.07) is 13.3. The number of amides is 1. The molecule has 1 fully saturated rings. The molecule has 1 saturated heterocycles.